The lowest BCUT2D eigenvalue weighted by Gasteiger charge is -2.06. The van der Waals surface area contributed by atoms with Crippen molar-refractivity contribution in [2.45, 2.75) is 19.1 Å². The van der Waals surface area contributed by atoms with Crippen molar-refractivity contribution in [2.75, 3.05) is 6.61 Å². The molecular formula is C13H13F3N2O. The quantitative estimate of drug-likeness (QED) is 0.779. The smallest absolute Gasteiger partial charge is 0.435 e. The lowest BCUT2D eigenvalue weighted by atomic mass is 10.3. The summed E-state index contributed by atoms with van der Waals surface area (Å²) in [6.45, 7) is 0.828. The Morgan fingerprint density at radius 3 is 2.47 bits per heavy atom. The van der Waals surface area contributed by atoms with Crippen molar-refractivity contribution in [1.82, 2.24) is 9.78 Å². The van der Waals surface area contributed by atoms with E-state index in [0.717, 1.165) is 11.8 Å². The third-order valence-corrected chi connectivity index (χ3v) is 2.47. The molecular weight excluding hydrogens is 257 g/mol. The SMILES string of the molecule is FC(F)(F)c1ccn(CCCOc2ccccc2)n1. The van der Waals surface area contributed by atoms with Gasteiger partial charge in [-0.25, -0.2) is 0 Å². The number of benzene rings is 1. The van der Waals surface area contributed by atoms with Gasteiger partial charge in [0.1, 0.15) is 5.75 Å². The number of nitrogens with zero attached hydrogens (tertiary/aromatic N) is 2. The Balaban J connectivity index is 1.76. The van der Waals surface area contributed by atoms with Crippen molar-refractivity contribution in [3.63, 3.8) is 0 Å². The molecule has 1 heterocycles. The fourth-order valence-corrected chi connectivity index (χ4v) is 1.57. The highest BCUT2D eigenvalue weighted by Crippen LogP contribution is 2.27. The van der Waals surface area contributed by atoms with Gasteiger partial charge in [-0.15, -0.1) is 0 Å². The molecule has 0 bridgehead atoms. The molecule has 0 aliphatic heterocycles. The van der Waals surface area contributed by atoms with Crippen molar-refractivity contribution in [3.8, 4) is 5.75 Å². The van der Waals surface area contributed by atoms with Gasteiger partial charge in [0.2, 0.25) is 0 Å². The summed E-state index contributed by atoms with van der Waals surface area (Å²) in [5, 5.41) is 3.46. The molecule has 102 valence electrons. The number of hydrogen-bond acceptors (Lipinski definition) is 2. The molecule has 0 spiro atoms. The number of rotatable bonds is 5. The maximum absolute atomic E-state index is 12.3. The highest BCUT2D eigenvalue weighted by molar-refractivity contribution is 5.20. The average Bonchev–Trinajstić information content (AvgIpc) is 2.85. The second kappa shape index (κ2) is 5.77. The lowest BCUT2D eigenvalue weighted by Crippen LogP contribution is -2.09. The molecule has 0 unspecified atom stereocenters. The van der Waals surface area contributed by atoms with Gasteiger partial charge in [0.25, 0.3) is 0 Å². The number of aromatic nitrogens is 2. The van der Waals surface area contributed by atoms with Gasteiger partial charge in [-0.2, -0.15) is 18.3 Å². The van der Waals surface area contributed by atoms with E-state index in [9.17, 15) is 13.2 Å². The van der Waals surface area contributed by atoms with E-state index < -0.39 is 11.9 Å². The van der Waals surface area contributed by atoms with Gasteiger partial charge in [-0.3, -0.25) is 4.68 Å². The molecule has 19 heavy (non-hydrogen) atoms. The minimum Gasteiger partial charge on any atom is -0.494 e. The van der Waals surface area contributed by atoms with Crippen molar-refractivity contribution in [1.29, 1.82) is 0 Å². The maximum atomic E-state index is 12.3. The minimum absolute atomic E-state index is 0.392. The molecule has 0 amide bonds. The topological polar surface area (TPSA) is 27.1 Å². The van der Waals surface area contributed by atoms with E-state index in [1.165, 1.54) is 10.9 Å². The van der Waals surface area contributed by atoms with Crippen LogP contribution in [0.4, 0.5) is 13.2 Å². The normalized spacial score (nSPS) is 11.5. The predicted octanol–water partition coefficient (Wildman–Crippen LogP) is 3.37. The monoisotopic (exact) mass is 270 g/mol. The summed E-state index contributed by atoms with van der Waals surface area (Å²) in [6, 6.07) is 10.2. The van der Waals surface area contributed by atoms with Crippen molar-refractivity contribution in [2.24, 2.45) is 0 Å². The fourth-order valence-electron chi connectivity index (χ4n) is 1.57. The fraction of sp³-hybridized carbons (Fsp3) is 0.308. The summed E-state index contributed by atoms with van der Waals surface area (Å²) in [5.41, 5.74) is -0.864. The van der Waals surface area contributed by atoms with Crippen LogP contribution in [-0.2, 0) is 12.7 Å². The average molecular weight is 270 g/mol. The number of aryl methyl sites for hydroxylation is 1. The zero-order chi connectivity index (χ0) is 13.7. The van der Waals surface area contributed by atoms with Crippen molar-refractivity contribution >= 4 is 0 Å². The molecule has 0 atom stereocenters. The van der Waals surface area contributed by atoms with Crippen LogP contribution in [0.2, 0.25) is 0 Å². The third-order valence-electron chi connectivity index (χ3n) is 2.47. The zero-order valence-corrected chi connectivity index (χ0v) is 10.1. The second-order valence-corrected chi connectivity index (χ2v) is 3.98. The molecule has 0 aliphatic rings. The van der Waals surface area contributed by atoms with Crippen LogP contribution in [0.1, 0.15) is 12.1 Å². The van der Waals surface area contributed by atoms with Crippen LogP contribution in [0.5, 0.6) is 5.75 Å². The standard InChI is InChI=1S/C13H13F3N2O/c14-13(15,16)12-7-9-18(17-12)8-4-10-19-11-5-2-1-3-6-11/h1-3,5-7,9H,4,8,10H2. The molecule has 0 aliphatic carbocycles. The molecule has 0 radical (unpaired) electrons. The van der Waals surface area contributed by atoms with Gasteiger partial charge < -0.3 is 4.74 Å². The summed E-state index contributed by atoms with van der Waals surface area (Å²) < 4.78 is 43.6. The van der Waals surface area contributed by atoms with Crippen LogP contribution in [0, 0.1) is 0 Å². The summed E-state index contributed by atoms with van der Waals surface area (Å²) in [5.74, 6) is 0.749. The number of halogens is 3. The van der Waals surface area contributed by atoms with Gasteiger partial charge in [0.05, 0.1) is 6.61 Å². The van der Waals surface area contributed by atoms with E-state index in [-0.39, 0.29) is 0 Å². The van der Waals surface area contributed by atoms with E-state index >= 15 is 0 Å². The van der Waals surface area contributed by atoms with Crippen LogP contribution in [-0.4, -0.2) is 16.4 Å². The Bertz CT molecular complexity index is 508. The molecule has 1 aromatic carbocycles. The van der Waals surface area contributed by atoms with Crippen molar-refractivity contribution < 1.29 is 17.9 Å². The Labute approximate surface area is 108 Å². The maximum Gasteiger partial charge on any atom is 0.435 e. The summed E-state index contributed by atoms with van der Waals surface area (Å²) in [7, 11) is 0. The molecule has 0 saturated heterocycles. The minimum atomic E-state index is -4.38. The van der Waals surface area contributed by atoms with Crippen LogP contribution in [0.25, 0.3) is 0 Å². The van der Waals surface area contributed by atoms with E-state index in [1.54, 1.807) is 0 Å². The predicted molar refractivity (Wildman–Crippen MR) is 63.8 cm³/mol. The van der Waals surface area contributed by atoms with E-state index in [0.29, 0.717) is 19.6 Å². The Morgan fingerprint density at radius 2 is 1.84 bits per heavy atom. The molecule has 2 rings (SSSR count). The Morgan fingerprint density at radius 1 is 1.11 bits per heavy atom. The first-order valence-corrected chi connectivity index (χ1v) is 5.84. The Hall–Kier alpha value is -1.98. The highest BCUT2D eigenvalue weighted by atomic mass is 19.4. The molecule has 6 heteroatoms. The first-order valence-electron chi connectivity index (χ1n) is 5.84. The van der Waals surface area contributed by atoms with E-state index in [1.807, 2.05) is 30.3 Å². The number of para-hydroxylation sites is 1. The van der Waals surface area contributed by atoms with Crippen LogP contribution in [0.15, 0.2) is 42.6 Å². The Kier molecular flexibility index (Phi) is 4.09. The number of ether oxygens (including phenoxy) is 1. The number of hydrogen-bond donors (Lipinski definition) is 0. The summed E-state index contributed by atoms with van der Waals surface area (Å²) >= 11 is 0. The van der Waals surface area contributed by atoms with Crippen LogP contribution < -0.4 is 4.74 Å². The molecule has 3 nitrogen and oxygen atoms in total. The zero-order valence-electron chi connectivity index (χ0n) is 10.1. The molecule has 0 N–H and O–H groups in total. The van der Waals surface area contributed by atoms with Gasteiger partial charge >= 0.3 is 6.18 Å². The van der Waals surface area contributed by atoms with Crippen LogP contribution >= 0.6 is 0 Å². The third kappa shape index (κ3) is 4.01. The second-order valence-electron chi connectivity index (χ2n) is 3.98. The first kappa shape index (κ1) is 13.5. The summed E-state index contributed by atoms with van der Waals surface area (Å²) in [6.07, 6.45) is -2.47. The molecule has 0 fully saturated rings. The van der Waals surface area contributed by atoms with Gasteiger partial charge in [-0.1, -0.05) is 18.2 Å². The molecule has 2 aromatic rings. The lowest BCUT2D eigenvalue weighted by molar-refractivity contribution is -0.141. The summed E-state index contributed by atoms with van der Waals surface area (Å²) in [4.78, 5) is 0. The first-order chi connectivity index (χ1) is 9.05. The largest absolute Gasteiger partial charge is 0.494 e. The number of alkyl halides is 3. The van der Waals surface area contributed by atoms with E-state index in [4.69, 9.17) is 4.74 Å². The van der Waals surface area contributed by atoms with Crippen molar-refractivity contribution in [3.05, 3.63) is 48.3 Å². The highest BCUT2D eigenvalue weighted by Gasteiger charge is 2.33. The molecule has 0 saturated carbocycles. The van der Waals surface area contributed by atoms with Gasteiger partial charge in [0.15, 0.2) is 5.69 Å². The van der Waals surface area contributed by atoms with E-state index in [2.05, 4.69) is 5.10 Å². The molecule has 1 aromatic heterocycles. The van der Waals surface area contributed by atoms with Gasteiger partial charge in [0, 0.05) is 19.2 Å². The van der Waals surface area contributed by atoms with Crippen LogP contribution in [0.3, 0.4) is 0 Å². The van der Waals surface area contributed by atoms with Gasteiger partial charge in [-0.05, 0) is 18.2 Å².